The van der Waals surface area contributed by atoms with Crippen molar-refractivity contribution in [2.45, 2.75) is 32.7 Å². The van der Waals surface area contributed by atoms with E-state index < -0.39 is 11.6 Å². The van der Waals surface area contributed by atoms with Crippen molar-refractivity contribution in [3.8, 4) is 5.75 Å². The summed E-state index contributed by atoms with van der Waals surface area (Å²) in [7, 11) is 0. The van der Waals surface area contributed by atoms with Crippen molar-refractivity contribution < 1.29 is 14.6 Å². The molecule has 0 aromatic carbocycles. The van der Waals surface area contributed by atoms with Gasteiger partial charge in [-0.15, -0.1) is 0 Å². The summed E-state index contributed by atoms with van der Waals surface area (Å²) >= 11 is 3.34. The summed E-state index contributed by atoms with van der Waals surface area (Å²) in [5.74, 6) is 0.639. The largest absolute Gasteiger partial charge is 0.489 e. The summed E-state index contributed by atoms with van der Waals surface area (Å²) in [6, 6.07) is 1.83. The number of carbonyl (C=O) groups is 1. The van der Waals surface area contributed by atoms with Crippen LogP contribution in [0.25, 0.3) is 0 Å². The van der Waals surface area contributed by atoms with Gasteiger partial charge in [0.15, 0.2) is 0 Å². The Hall–Kier alpha value is -1.30. The molecule has 1 saturated heterocycles. The first kappa shape index (κ1) is 15.1. The van der Waals surface area contributed by atoms with Crippen molar-refractivity contribution in [2.75, 3.05) is 13.2 Å². The first-order chi connectivity index (χ1) is 9.26. The van der Waals surface area contributed by atoms with E-state index in [1.807, 2.05) is 26.8 Å². The van der Waals surface area contributed by atoms with Crippen LogP contribution in [-0.2, 0) is 0 Å². The van der Waals surface area contributed by atoms with Gasteiger partial charge in [0, 0.05) is 17.2 Å². The number of hydrogen-bond donors (Lipinski definition) is 1. The molecule has 6 heteroatoms. The fraction of sp³-hybridized carbons (Fsp3) is 0.571. The summed E-state index contributed by atoms with van der Waals surface area (Å²) in [6.07, 6.45) is 3.23. The second kappa shape index (κ2) is 5.24. The molecule has 0 aliphatic carbocycles. The van der Waals surface area contributed by atoms with Gasteiger partial charge in [-0.05, 0) is 33.8 Å². The molecule has 20 heavy (non-hydrogen) atoms. The van der Waals surface area contributed by atoms with E-state index >= 15 is 0 Å². The number of pyridine rings is 1. The highest BCUT2D eigenvalue weighted by molar-refractivity contribution is 9.10. The molecule has 1 amide bonds. The maximum Gasteiger partial charge on any atom is 0.407 e. The van der Waals surface area contributed by atoms with Crippen LogP contribution in [0.1, 0.15) is 27.2 Å². The highest BCUT2D eigenvalue weighted by Gasteiger charge is 2.55. The second-order valence-corrected chi connectivity index (χ2v) is 7.01. The molecular weight excluding hydrogens is 324 g/mol. The van der Waals surface area contributed by atoms with E-state index in [2.05, 4.69) is 20.9 Å². The lowest BCUT2D eigenvalue weighted by molar-refractivity contribution is -0.0962. The van der Waals surface area contributed by atoms with Crippen LogP contribution >= 0.6 is 15.9 Å². The SMILES string of the molecule is CC(C)(C)C1(COc2cncc(Br)c2)CCN1C(=O)O. The van der Waals surface area contributed by atoms with Gasteiger partial charge in [-0.25, -0.2) is 4.79 Å². The molecule has 1 aromatic heterocycles. The minimum atomic E-state index is -0.887. The third-order valence-electron chi connectivity index (χ3n) is 4.05. The summed E-state index contributed by atoms with van der Waals surface area (Å²) in [6.45, 7) is 7.04. The number of ether oxygens (including phenoxy) is 1. The number of carboxylic acid groups (broad SMARTS) is 1. The molecule has 1 atom stereocenters. The Morgan fingerprint density at radius 2 is 2.25 bits per heavy atom. The van der Waals surface area contributed by atoms with Gasteiger partial charge in [0.2, 0.25) is 0 Å². The van der Waals surface area contributed by atoms with E-state index in [4.69, 9.17) is 4.74 Å². The zero-order valence-electron chi connectivity index (χ0n) is 11.9. The Morgan fingerprint density at radius 1 is 1.55 bits per heavy atom. The minimum Gasteiger partial charge on any atom is -0.489 e. The number of amides is 1. The van der Waals surface area contributed by atoms with Crippen LogP contribution in [0.3, 0.4) is 0 Å². The smallest absolute Gasteiger partial charge is 0.407 e. The van der Waals surface area contributed by atoms with Crippen LogP contribution < -0.4 is 4.74 Å². The quantitative estimate of drug-likeness (QED) is 0.914. The number of hydrogen-bond acceptors (Lipinski definition) is 3. The van der Waals surface area contributed by atoms with Crippen LogP contribution in [0.15, 0.2) is 22.9 Å². The van der Waals surface area contributed by atoms with Gasteiger partial charge in [0.25, 0.3) is 0 Å². The summed E-state index contributed by atoms with van der Waals surface area (Å²) in [5.41, 5.74) is -0.676. The molecule has 1 fully saturated rings. The van der Waals surface area contributed by atoms with Crippen molar-refractivity contribution in [2.24, 2.45) is 5.41 Å². The van der Waals surface area contributed by atoms with E-state index in [1.165, 1.54) is 4.90 Å². The fourth-order valence-electron chi connectivity index (χ4n) is 2.59. The van der Waals surface area contributed by atoms with Crippen LogP contribution in [0, 0.1) is 5.41 Å². The van der Waals surface area contributed by atoms with Crippen molar-refractivity contribution >= 4 is 22.0 Å². The van der Waals surface area contributed by atoms with Gasteiger partial charge in [0.1, 0.15) is 12.4 Å². The highest BCUT2D eigenvalue weighted by atomic mass is 79.9. The molecule has 0 spiro atoms. The van der Waals surface area contributed by atoms with Crippen LogP contribution in [0.4, 0.5) is 4.79 Å². The van der Waals surface area contributed by atoms with E-state index in [-0.39, 0.29) is 5.41 Å². The van der Waals surface area contributed by atoms with Crippen molar-refractivity contribution in [1.82, 2.24) is 9.88 Å². The van der Waals surface area contributed by atoms with Crippen molar-refractivity contribution in [3.05, 3.63) is 22.9 Å². The standard InChI is InChI=1S/C14H19BrN2O3/c1-13(2,3)14(4-5-17(14)12(18)19)9-20-11-6-10(15)7-16-8-11/h6-8H,4-5,9H2,1-3H3,(H,18,19). The number of nitrogens with zero attached hydrogens (tertiary/aromatic N) is 2. The summed E-state index contributed by atoms with van der Waals surface area (Å²) in [5, 5.41) is 9.32. The van der Waals surface area contributed by atoms with Crippen LogP contribution in [-0.4, -0.2) is 39.8 Å². The molecule has 0 radical (unpaired) electrons. The van der Waals surface area contributed by atoms with E-state index in [1.54, 1.807) is 12.4 Å². The van der Waals surface area contributed by atoms with E-state index in [0.29, 0.717) is 18.9 Å². The molecule has 2 heterocycles. The first-order valence-corrected chi connectivity index (χ1v) is 7.29. The maximum absolute atomic E-state index is 11.4. The normalized spacial score (nSPS) is 22.3. The Bertz CT molecular complexity index is 515. The number of rotatable bonds is 3. The molecule has 110 valence electrons. The lowest BCUT2D eigenvalue weighted by Crippen LogP contribution is -2.70. The minimum absolute atomic E-state index is 0.191. The Balaban J connectivity index is 2.16. The Morgan fingerprint density at radius 3 is 2.70 bits per heavy atom. The summed E-state index contributed by atoms with van der Waals surface area (Å²) in [4.78, 5) is 16.9. The number of likely N-dealkylation sites (tertiary alicyclic amines) is 1. The lowest BCUT2D eigenvalue weighted by atomic mass is 9.66. The average Bonchev–Trinajstić information content (AvgIpc) is 2.25. The topological polar surface area (TPSA) is 62.7 Å². The third-order valence-corrected chi connectivity index (χ3v) is 4.48. The third kappa shape index (κ3) is 2.61. The monoisotopic (exact) mass is 342 g/mol. The molecule has 0 saturated carbocycles. The first-order valence-electron chi connectivity index (χ1n) is 6.50. The molecule has 0 bridgehead atoms. The van der Waals surface area contributed by atoms with Crippen LogP contribution in [0.5, 0.6) is 5.75 Å². The number of halogens is 1. The fourth-order valence-corrected chi connectivity index (χ4v) is 2.94. The van der Waals surface area contributed by atoms with E-state index in [0.717, 1.165) is 10.9 Å². The molecule has 1 unspecified atom stereocenters. The molecular formula is C14H19BrN2O3. The number of aromatic nitrogens is 1. The van der Waals surface area contributed by atoms with Crippen molar-refractivity contribution in [1.29, 1.82) is 0 Å². The lowest BCUT2D eigenvalue weighted by Gasteiger charge is -2.57. The molecule has 1 N–H and O–H groups in total. The predicted molar refractivity (Wildman–Crippen MR) is 79.0 cm³/mol. The second-order valence-electron chi connectivity index (χ2n) is 6.09. The zero-order chi connectivity index (χ0) is 15.0. The Kier molecular flexibility index (Phi) is 3.95. The van der Waals surface area contributed by atoms with Crippen LogP contribution in [0.2, 0.25) is 0 Å². The van der Waals surface area contributed by atoms with Gasteiger partial charge in [-0.1, -0.05) is 20.8 Å². The maximum atomic E-state index is 11.4. The highest BCUT2D eigenvalue weighted by Crippen LogP contribution is 2.45. The molecule has 5 nitrogen and oxygen atoms in total. The van der Waals surface area contributed by atoms with Gasteiger partial charge in [-0.3, -0.25) is 9.88 Å². The van der Waals surface area contributed by atoms with Gasteiger partial charge in [0.05, 0.1) is 11.7 Å². The molecule has 1 aromatic rings. The van der Waals surface area contributed by atoms with E-state index in [9.17, 15) is 9.90 Å². The summed E-state index contributed by atoms with van der Waals surface area (Å²) < 4.78 is 6.64. The zero-order valence-corrected chi connectivity index (χ0v) is 13.5. The molecule has 2 rings (SSSR count). The van der Waals surface area contributed by atoms with Gasteiger partial charge in [-0.2, -0.15) is 0 Å². The molecule has 1 aliphatic heterocycles. The van der Waals surface area contributed by atoms with Gasteiger partial charge < -0.3 is 9.84 Å². The van der Waals surface area contributed by atoms with Crippen molar-refractivity contribution in [3.63, 3.8) is 0 Å². The van der Waals surface area contributed by atoms with Gasteiger partial charge >= 0.3 is 6.09 Å². The predicted octanol–water partition coefficient (Wildman–Crippen LogP) is 3.39. The Labute approximate surface area is 127 Å². The molecule has 1 aliphatic rings. The average molecular weight is 343 g/mol.